The number of aliphatic hydroxyl groups excluding tert-OH is 1. The minimum Gasteiger partial charge on any atom is -0.456 e. The van der Waals surface area contributed by atoms with Crippen molar-refractivity contribution in [3.8, 4) is 0 Å². The quantitative estimate of drug-likeness (QED) is 0.606. The Labute approximate surface area is 114 Å². The highest BCUT2D eigenvalue weighted by molar-refractivity contribution is 5.87. The number of hydrogen-bond acceptors (Lipinski definition) is 4. The number of carbonyl (C=O) groups excluding carboxylic acids is 1. The molecular weight excluding hydrogens is 244 g/mol. The zero-order chi connectivity index (χ0) is 14.3. The third kappa shape index (κ3) is 3.00. The Balaban J connectivity index is 2.18. The molecule has 4 unspecified atom stereocenters. The van der Waals surface area contributed by atoms with E-state index in [1.54, 1.807) is 6.92 Å². The molecule has 4 nitrogen and oxygen atoms in total. The van der Waals surface area contributed by atoms with Crippen LogP contribution in [0.3, 0.4) is 0 Å². The maximum Gasteiger partial charge on any atom is 0.333 e. The molecule has 4 atom stereocenters. The van der Waals surface area contributed by atoms with Gasteiger partial charge in [0.25, 0.3) is 0 Å². The van der Waals surface area contributed by atoms with E-state index in [2.05, 4.69) is 6.58 Å². The summed E-state index contributed by atoms with van der Waals surface area (Å²) in [6.45, 7) is 7.22. The lowest BCUT2D eigenvalue weighted by atomic mass is 9.62. The standard InChI is InChI=1S/C15H24O4/c1-4-15(19-13(17)10(2)3)7-11-5-12(16)8-14(18,6-11)9-15/h11-12,16,18H,2,4-9H2,1,3H3. The predicted molar refractivity (Wildman–Crippen MR) is 71.5 cm³/mol. The van der Waals surface area contributed by atoms with Gasteiger partial charge in [0.05, 0.1) is 11.7 Å². The number of esters is 1. The summed E-state index contributed by atoms with van der Waals surface area (Å²) in [6, 6.07) is 0. The molecule has 2 bridgehead atoms. The SMILES string of the molecule is C=C(C)C(=O)OC1(CC)CC2CC(O)CC(O)(C2)C1. The van der Waals surface area contributed by atoms with Crippen molar-refractivity contribution in [1.82, 2.24) is 0 Å². The minimum atomic E-state index is -0.897. The van der Waals surface area contributed by atoms with Gasteiger partial charge in [-0.2, -0.15) is 0 Å². The molecule has 0 aromatic heterocycles. The predicted octanol–water partition coefficient (Wildman–Crippen LogP) is 1.94. The lowest BCUT2D eigenvalue weighted by Gasteiger charge is -2.51. The minimum absolute atomic E-state index is 0.223. The molecule has 0 aromatic rings. The summed E-state index contributed by atoms with van der Waals surface area (Å²) in [5.41, 5.74) is -1.12. The van der Waals surface area contributed by atoms with E-state index >= 15 is 0 Å². The van der Waals surface area contributed by atoms with Gasteiger partial charge in [0.2, 0.25) is 0 Å². The molecule has 0 amide bonds. The first-order valence-electron chi connectivity index (χ1n) is 7.07. The van der Waals surface area contributed by atoms with Crippen LogP contribution < -0.4 is 0 Å². The molecule has 2 N–H and O–H groups in total. The van der Waals surface area contributed by atoms with Gasteiger partial charge in [0.15, 0.2) is 0 Å². The zero-order valence-electron chi connectivity index (χ0n) is 11.8. The first kappa shape index (κ1) is 14.5. The van der Waals surface area contributed by atoms with Crippen LogP contribution in [0.25, 0.3) is 0 Å². The third-order valence-electron chi connectivity index (χ3n) is 4.50. The van der Waals surface area contributed by atoms with Crippen molar-refractivity contribution >= 4 is 5.97 Å². The summed E-state index contributed by atoms with van der Waals surface area (Å²) in [5.74, 6) is -0.161. The normalized spacial score (nSPS) is 41.7. The van der Waals surface area contributed by atoms with Crippen molar-refractivity contribution in [2.45, 2.75) is 69.7 Å². The maximum absolute atomic E-state index is 11.8. The van der Waals surface area contributed by atoms with Gasteiger partial charge < -0.3 is 14.9 Å². The molecule has 0 spiro atoms. The van der Waals surface area contributed by atoms with Crippen LogP contribution in [0.15, 0.2) is 12.2 Å². The summed E-state index contributed by atoms with van der Waals surface area (Å²) in [5, 5.41) is 20.4. The van der Waals surface area contributed by atoms with E-state index in [1.165, 1.54) is 0 Å². The third-order valence-corrected chi connectivity index (χ3v) is 4.50. The Hall–Kier alpha value is -0.870. The number of hydrogen-bond donors (Lipinski definition) is 2. The lowest BCUT2D eigenvalue weighted by Crippen LogP contribution is -2.55. The summed E-state index contributed by atoms with van der Waals surface area (Å²) in [4.78, 5) is 11.8. The van der Waals surface area contributed by atoms with Crippen molar-refractivity contribution in [2.75, 3.05) is 0 Å². The van der Waals surface area contributed by atoms with Gasteiger partial charge in [-0.25, -0.2) is 4.79 Å². The van der Waals surface area contributed by atoms with Crippen LogP contribution >= 0.6 is 0 Å². The summed E-state index contributed by atoms with van der Waals surface area (Å²) < 4.78 is 5.65. The maximum atomic E-state index is 11.8. The monoisotopic (exact) mass is 268 g/mol. The molecule has 2 aliphatic rings. The molecule has 0 saturated heterocycles. The van der Waals surface area contributed by atoms with Gasteiger partial charge in [0, 0.05) is 18.4 Å². The van der Waals surface area contributed by atoms with Crippen LogP contribution in [0.5, 0.6) is 0 Å². The van der Waals surface area contributed by atoms with Gasteiger partial charge in [-0.3, -0.25) is 0 Å². The molecule has 2 saturated carbocycles. The molecule has 2 rings (SSSR count). The number of aliphatic hydroxyl groups is 2. The second-order valence-electron chi connectivity index (χ2n) is 6.48. The van der Waals surface area contributed by atoms with Crippen LogP contribution in [0.2, 0.25) is 0 Å². The van der Waals surface area contributed by atoms with Gasteiger partial charge in [0.1, 0.15) is 5.60 Å². The number of rotatable bonds is 3. The van der Waals surface area contributed by atoms with Gasteiger partial charge in [-0.05, 0) is 38.5 Å². The van der Waals surface area contributed by atoms with Gasteiger partial charge in [-0.15, -0.1) is 0 Å². The molecule has 108 valence electrons. The molecular formula is C15H24O4. The van der Waals surface area contributed by atoms with Crippen molar-refractivity contribution < 1.29 is 19.7 Å². The van der Waals surface area contributed by atoms with Crippen molar-refractivity contribution in [1.29, 1.82) is 0 Å². The Morgan fingerprint density at radius 3 is 2.63 bits per heavy atom. The number of fused-ring (bicyclic) bond motifs is 2. The molecule has 0 radical (unpaired) electrons. The summed E-state index contributed by atoms with van der Waals surface area (Å²) >= 11 is 0. The summed E-state index contributed by atoms with van der Waals surface area (Å²) in [6.07, 6.45) is 3.17. The Bertz CT molecular complexity index is 388. The largest absolute Gasteiger partial charge is 0.456 e. The topological polar surface area (TPSA) is 66.8 Å². The Kier molecular flexibility index (Phi) is 3.76. The van der Waals surface area contributed by atoms with Crippen LogP contribution in [0, 0.1) is 5.92 Å². The smallest absolute Gasteiger partial charge is 0.333 e. The molecule has 0 heterocycles. The molecule has 4 heteroatoms. The van der Waals surface area contributed by atoms with Crippen molar-refractivity contribution in [2.24, 2.45) is 5.92 Å². The second kappa shape index (κ2) is 4.91. The van der Waals surface area contributed by atoms with Crippen LogP contribution in [0.1, 0.15) is 52.4 Å². The molecule has 2 fully saturated rings. The Morgan fingerprint density at radius 1 is 1.42 bits per heavy atom. The van der Waals surface area contributed by atoms with Crippen LogP contribution in [0.4, 0.5) is 0 Å². The fraction of sp³-hybridized carbons (Fsp3) is 0.800. The first-order chi connectivity index (χ1) is 8.77. The Morgan fingerprint density at radius 2 is 2.11 bits per heavy atom. The van der Waals surface area contributed by atoms with E-state index in [4.69, 9.17) is 4.74 Å². The van der Waals surface area contributed by atoms with Gasteiger partial charge >= 0.3 is 5.97 Å². The molecule has 0 aliphatic heterocycles. The summed E-state index contributed by atoms with van der Waals surface area (Å²) in [7, 11) is 0. The molecule has 0 aromatic carbocycles. The van der Waals surface area contributed by atoms with E-state index in [9.17, 15) is 15.0 Å². The van der Waals surface area contributed by atoms with Crippen LogP contribution in [-0.4, -0.2) is 33.5 Å². The second-order valence-corrected chi connectivity index (χ2v) is 6.48. The molecule has 2 aliphatic carbocycles. The highest BCUT2D eigenvalue weighted by atomic mass is 16.6. The average molecular weight is 268 g/mol. The zero-order valence-corrected chi connectivity index (χ0v) is 11.8. The van der Waals surface area contributed by atoms with Crippen LogP contribution in [-0.2, 0) is 9.53 Å². The highest BCUT2D eigenvalue weighted by Crippen LogP contribution is 2.49. The van der Waals surface area contributed by atoms with E-state index < -0.39 is 17.3 Å². The van der Waals surface area contributed by atoms with E-state index in [-0.39, 0.29) is 11.9 Å². The van der Waals surface area contributed by atoms with Crippen molar-refractivity contribution in [3.05, 3.63) is 12.2 Å². The van der Waals surface area contributed by atoms with E-state index in [1.807, 2.05) is 6.92 Å². The first-order valence-corrected chi connectivity index (χ1v) is 7.07. The average Bonchev–Trinajstić information content (AvgIpc) is 2.25. The van der Waals surface area contributed by atoms with Crippen molar-refractivity contribution in [3.63, 3.8) is 0 Å². The van der Waals surface area contributed by atoms with Gasteiger partial charge in [-0.1, -0.05) is 13.5 Å². The number of carbonyl (C=O) groups is 1. The fourth-order valence-electron chi connectivity index (χ4n) is 3.81. The highest BCUT2D eigenvalue weighted by Gasteiger charge is 2.52. The number of ether oxygens (including phenoxy) is 1. The lowest BCUT2D eigenvalue weighted by molar-refractivity contribution is -0.190. The molecule has 19 heavy (non-hydrogen) atoms. The fourth-order valence-corrected chi connectivity index (χ4v) is 3.81. The van der Waals surface area contributed by atoms with E-state index in [0.717, 1.165) is 6.42 Å². The van der Waals surface area contributed by atoms with E-state index in [0.29, 0.717) is 37.7 Å².